The fourth-order valence-electron chi connectivity index (χ4n) is 1.57. The number of hydrogen-bond donors (Lipinski definition) is 1. The van der Waals surface area contributed by atoms with Gasteiger partial charge in [0.2, 0.25) is 12.0 Å². The average molecular weight is 239 g/mol. The zero-order chi connectivity index (χ0) is 13.9. The molecule has 94 valence electrons. The molecule has 0 aromatic rings. The third-order valence-corrected chi connectivity index (χ3v) is 3.58. The smallest absolute Gasteiger partial charge is 0.286 e. The molecule has 0 aliphatic heterocycles. The average Bonchev–Trinajstić information content (AvgIpc) is 2.17. The highest BCUT2D eigenvalue weighted by Crippen LogP contribution is 2.43. The molecule has 1 unspecified atom stereocenters. The van der Waals surface area contributed by atoms with E-state index < -0.39 is 22.5 Å². The van der Waals surface area contributed by atoms with Gasteiger partial charge in [-0.25, -0.2) is 4.79 Å². The number of carbonyl (C=O) groups is 1. The van der Waals surface area contributed by atoms with E-state index >= 15 is 0 Å². The van der Waals surface area contributed by atoms with Gasteiger partial charge in [-0.1, -0.05) is 0 Å². The van der Waals surface area contributed by atoms with Gasteiger partial charge < -0.3 is 10.5 Å². The van der Waals surface area contributed by atoms with E-state index in [-0.39, 0.29) is 0 Å². The molecule has 1 amide bonds. The van der Waals surface area contributed by atoms with Gasteiger partial charge in [0.1, 0.15) is 11.1 Å². The summed E-state index contributed by atoms with van der Waals surface area (Å²) in [7, 11) is 0. The summed E-state index contributed by atoms with van der Waals surface area (Å²) in [5.41, 5.74) is 1.67. The van der Waals surface area contributed by atoms with Gasteiger partial charge in [0.15, 0.2) is 0 Å². The Kier molecular flexibility index (Phi) is 4.06. The number of primary amides is 1. The van der Waals surface area contributed by atoms with E-state index in [4.69, 9.17) is 15.7 Å². The van der Waals surface area contributed by atoms with Crippen molar-refractivity contribution >= 4 is 12.0 Å². The molecule has 17 heavy (non-hydrogen) atoms. The van der Waals surface area contributed by atoms with Crippen LogP contribution in [0, 0.1) is 16.9 Å². The highest BCUT2D eigenvalue weighted by molar-refractivity contribution is 5.82. The maximum Gasteiger partial charge on any atom is 0.286 e. The molecule has 0 fully saturated rings. The molecule has 2 N–H and O–H groups in total. The number of aliphatic imine (C=N–C) groups is 1. The molecule has 0 spiro atoms. The summed E-state index contributed by atoms with van der Waals surface area (Å²) in [5.74, 6) is -0.645. The third-order valence-electron chi connectivity index (χ3n) is 3.58. The summed E-state index contributed by atoms with van der Waals surface area (Å²) >= 11 is 0. The van der Waals surface area contributed by atoms with Crippen molar-refractivity contribution < 1.29 is 14.3 Å². The molecule has 0 aromatic heterocycles. The van der Waals surface area contributed by atoms with Crippen molar-refractivity contribution in [1.29, 1.82) is 5.26 Å². The zero-order valence-electron chi connectivity index (χ0n) is 10.7. The lowest BCUT2D eigenvalue weighted by molar-refractivity contribution is -0.136. The minimum Gasteiger partial charge on any atom is -0.419 e. The highest BCUT2D eigenvalue weighted by atomic mass is 16.5. The summed E-state index contributed by atoms with van der Waals surface area (Å²) in [6.45, 7) is 7.72. The zero-order valence-corrected chi connectivity index (χ0v) is 10.7. The molecule has 0 saturated carbocycles. The van der Waals surface area contributed by atoms with E-state index in [0.29, 0.717) is 0 Å². The Balaban J connectivity index is 5.88. The molecule has 0 heterocycles. The normalized spacial score (nSPS) is 15.1. The summed E-state index contributed by atoms with van der Waals surface area (Å²) in [6.07, 6.45) is 2.95. The molecular formula is C11H17N3O3. The van der Waals surface area contributed by atoms with Gasteiger partial charge in [-0.15, -0.1) is 0 Å². The number of hydrogen-bond acceptors (Lipinski definition) is 5. The Morgan fingerprint density at radius 2 is 1.76 bits per heavy atom. The van der Waals surface area contributed by atoms with E-state index in [1.807, 2.05) is 0 Å². The van der Waals surface area contributed by atoms with E-state index in [0.717, 1.165) is 0 Å². The van der Waals surface area contributed by atoms with Crippen molar-refractivity contribution in [1.82, 2.24) is 0 Å². The summed E-state index contributed by atoms with van der Waals surface area (Å²) < 4.78 is 4.91. The van der Waals surface area contributed by atoms with Crippen LogP contribution in [0.5, 0.6) is 0 Å². The second-order valence-electron chi connectivity index (χ2n) is 4.97. The van der Waals surface area contributed by atoms with Gasteiger partial charge in [0, 0.05) is 0 Å². The lowest BCUT2D eigenvalue weighted by atomic mass is 9.65. The summed E-state index contributed by atoms with van der Waals surface area (Å²) in [5, 5.41) is 8.61. The number of amides is 1. The van der Waals surface area contributed by atoms with Crippen LogP contribution in [0.4, 0.5) is 0 Å². The van der Waals surface area contributed by atoms with E-state index in [1.165, 1.54) is 13.0 Å². The second kappa shape index (κ2) is 4.56. The molecule has 6 heteroatoms. The second-order valence-corrected chi connectivity index (χ2v) is 4.97. The van der Waals surface area contributed by atoms with Crippen molar-refractivity contribution in [2.75, 3.05) is 0 Å². The molecule has 0 rings (SSSR count). The predicted molar refractivity (Wildman–Crippen MR) is 60.3 cm³/mol. The van der Waals surface area contributed by atoms with Crippen LogP contribution >= 0.6 is 0 Å². The first-order valence-corrected chi connectivity index (χ1v) is 5.03. The van der Waals surface area contributed by atoms with E-state index in [9.17, 15) is 9.59 Å². The number of nitrogens with zero attached hydrogens (tertiary/aromatic N) is 2. The van der Waals surface area contributed by atoms with Gasteiger partial charge in [-0.2, -0.15) is 10.3 Å². The number of ether oxygens (including phenoxy) is 1. The SMILES string of the molecule is CC(C)(OC#N)C(C)(N=C=O)C(C)(C)C(N)=O. The van der Waals surface area contributed by atoms with Crippen molar-refractivity contribution in [3.05, 3.63) is 0 Å². The van der Waals surface area contributed by atoms with Crippen LogP contribution in [0.25, 0.3) is 0 Å². The molecule has 0 aliphatic rings. The Morgan fingerprint density at radius 1 is 1.29 bits per heavy atom. The van der Waals surface area contributed by atoms with Crippen molar-refractivity contribution in [3.8, 4) is 6.26 Å². The van der Waals surface area contributed by atoms with Crippen molar-refractivity contribution in [2.24, 2.45) is 16.1 Å². The highest BCUT2D eigenvalue weighted by Gasteiger charge is 2.57. The van der Waals surface area contributed by atoms with E-state index in [2.05, 4.69) is 4.99 Å². The number of nitriles is 1. The number of isocyanates is 1. The van der Waals surface area contributed by atoms with Crippen molar-refractivity contribution in [2.45, 2.75) is 45.8 Å². The lowest BCUT2D eigenvalue weighted by Gasteiger charge is -2.46. The molecule has 0 saturated heterocycles. The monoisotopic (exact) mass is 239 g/mol. The standard InChI is InChI=1S/C11H17N3O3/c1-9(2,8(13)16)11(5,14-7-15)10(3,4)17-6-12/h1-5H3,(H2,13,16). The Labute approximate surface area is 100 Å². The Hall–Kier alpha value is -1.86. The van der Waals surface area contributed by atoms with Crippen LogP contribution in [-0.2, 0) is 14.3 Å². The van der Waals surface area contributed by atoms with E-state index in [1.54, 1.807) is 34.0 Å². The van der Waals surface area contributed by atoms with Gasteiger partial charge in [0.05, 0.1) is 5.41 Å². The molecule has 1 atom stereocenters. The van der Waals surface area contributed by atoms with Crippen LogP contribution in [0.1, 0.15) is 34.6 Å². The predicted octanol–water partition coefficient (Wildman–Crippen LogP) is 0.869. The van der Waals surface area contributed by atoms with Crippen LogP contribution in [0.3, 0.4) is 0 Å². The Bertz CT molecular complexity index is 403. The number of nitrogens with two attached hydrogens (primary N) is 1. The number of carbonyl (C=O) groups excluding carboxylic acids is 2. The minimum absolute atomic E-state index is 0.645. The first-order valence-electron chi connectivity index (χ1n) is 5.03. The first-order chi connectivity index (χ1) is 7.56. The lowest BCUT2D eigenvalue weighted by Crippen LogP contribution is -2.61. The Morgan fingerprint density at radius 3 is 2.06 bits per heavy atom. The maximum absolute atomic E-state index is 11.5. The van der Waals surface area contributed by atoms with Gasteiger partial charge in [-0.05, 0) is 34.6 Å². The largest absolute Gasteiger partial charge is 0.419 e. The van der Waals surface area contributed by atoms with Crippen LogP contribution in [0.2, 0.25) is 0 Å². The van der Waals surface area contributed by atoms with Crippen molar-refractivity contribution in [3.63, 3.8) is 0 Å². The van der Waals surface area contributed by atoms with Gasteiger partial charge in [0.25, 0.3) is 6.26 Å². The van der Waals surface area contributed by atoms with Gasteiger partial charge >= 0.3 is 0 Å². The van der Waals surface area contributed by atoms with Crippen LogP contribution in [0.15, 0.2) is 4.99 Å². The fraction of sp³-hybridized carbons (Fsp3) is 0.727. The topological polar surface area (TPSA) is 106 Å². The molecule has 0 radical (unpaired) electrons. The summed E-state index contributed by atoms with van der Waals surface area (Å²) in [4.78, 5) is 25.7. The fourth-order valence-corrected chi connectivity index (χ4v) is 1.57. The van der Waals surface area contributed by atoms with Crippen LogP contribution in [-0.4, -0.2) is 23.1 Å². The molecule has 6 nitrogen and oxygen atoms in total. The quantitative estimate of drug-likeness (QED) is 0.436. The minimum atomic E-state index is -1.30. The van der Waals surface area contributed by atoms with Gasteiger partial charge in [-0.3, -0.25) is 4.79 Å². The third kappa shape index (κ3) is 2.29. The first kappa shape index (κ1) is 15.1. The van der Waals surface area contributed by atoms with Crippen LogP contribution < -0.4 is 5.73 Å². The molecule has 0 aromatic carbocycles. The maximum atomic E-state index is 11.5. The molecular weight excluding hydrogens is 222 g/mol. The molecule has 0 bridgehead atoms. The summed E-state index contributed by atoms with van der Waals surface area (Å²) in [6, 6.07) is 0. The number of rotatable bonds is 5. The molecule has 0 aliphatic carbocycles.